The van der Waals surface area contributed by atoms with Crippen molar-refractivity contribution < 1.29 is 9.90 Å². The van der Waals surface area contributed by atoms with E-state index >= 15 is 0 Å². The van der Waals surface area contributed by atoms with Crippen LogP contribution in [0.4, 0.5) is 0 Å². The normalized spacial score (nSPS) is 12.6. The van der Waals surface area contributed by atoms with Crippen molar-refractivity contribution in [1.29, 1.82) is 0 Å². The van der Waals surface area contributed by atoms with Crippen LogP contribution in [0.15, 0.2) is 12.2 Å². The molecule has 0 radical (unpaired) electrons. The lowest BCUT2D eigenvalue weighted by Crippen LogP contribution is -2.29. The van der Waals surface area contributed by atoms with E-state index in [0.717, 1.165) is 5.57 Å². The molecule has 0 amide bonds. The van der Waals surface area contributed by atoms with E-state index in [9.17, 15) is 4.79 Å². The zero-order chi connectivity index (χ0) is 8.15. The molecule has 3 N–H and O–H groups in total. The second kappa shape index (κ2) is 4.06. The van der Waals surface area contributed by atoms with Crippen LogP contribution in [0.1, 0.15) is 19.8 Å². The maximum absolute atomic E-state index is 10.2. The Kier molecular flexibility index (Phi) is 3.72. The number of hydrogen-bond donors (Lipinski definition) is 2. The number of nitrogens with two attached hydrogens (primary N) is 1. The topological polar surface area (TPSA) is 63.3 Å². The van der Waals surface area contributed by atoms with Gasteiger partial charge in [-0.1, -0.05) is 5.57 Å². The lowest BCUT2D eigenvalue weighted by molar-refractivity contribution is -0.138. The summed E-state index contributed by atoms with van der Waals surface area (Å²) in [5.41, 5.74) is 6.19. The molecule has 0 rings (SSSR count). The fourth-order valence-corrected chi connectivity index (χ4v) is 0.525. The monoisotopic (exact) mass is 143 g/mol. The van der Waals surface area contributed by atoms with Gasteiger partial charge in [0.1, 0.15) is 6.04 Å². The molecule has 0 saturated heterocycles. The van der Waals surface area contributed by atoms with Crippen molar-refractivity contribution >= 4 is 5.97 Å². The fourth-order valence-electron chi connectivity index (χ4n) is 0.525. The fraction of sp³-hybridized carbons (Fsp3) is 0.571. The van der Waals surface area contributed by atoms with Crippen molar-refractivity contribution in [3.8, 4) is 0 Å². The summed E-state index contributed by atoms with van der Waals surface area (Å²) in [7, 11) is 0. The van der Waals surface area contributed by atoms with Crippen LogP contribution in [-0.4, -0.2) is 17.1 Å². The van der Waals surface area contributed by atoms with Crippen LogP contribution in [0.5, 0.6) is 0 Å². The first-order valence-electron chi connectivity index (χ1n) is 3.17. The van der Waals surface area contributed by atoms with Crippen LogP contribution in [0.3, 0.4) is 0 Å². The third kappa shape index (κ3) is 4.09. The van der Waals surface area contributed by atoms with Gasteiger partial charge in [-0.15, -0.1) is 6.58 Å². The molecule has 0 aromatic carbocycles. The Labute approximate surface area is 60.5 Å². The minimum atomic E-state index is -0.943. The van der Waals surface area contributed by atoms with E-state index in [4.69, 9.17) is 10.8 Å². The van der Waals surface area contributed by atoms with Gasteiger partial charge < -0.3 is 10.8 Å². The molecule has 3 nitrogen and oxygen atoms in total. The summed E-state index contributed by atoms with van der Waals surface area (Å²) >= 11 is 0. The Bertz CT molecular complexity index is 143. The highest BCUT2D eigenvalue weighted by Gasteiger charge is 2.09. The van der Waals surface area contributed by atoms with Crippen LogP contribution in [0.25, 0.3) is 0 Å². The van der Waals surface area contributed by atoms with Crippen molar-refractivity contribution in [2.45, 2.75) is 25.8 Å². The van der Waals surface area contributed by atoms with Crippen LogP contribution < -0.4 is 5.73 Å². The molecule has 0 aliphatic heterocycles. The van der Waals surface area contributed by atoms with Gasteiger partial charge in [-0.25, -0.2) is 0 Å². The van der Waals surface area contributed by atoms with Gasteiger partial charge in [0, 0.05) is 0 Å². The quantitative estimate of drug-likeness (QED) is 0.571. The predicted molar refractivity (Wildman–Crippen MR) is 39.7 cm³/mol. The maximum atomic E-state index is 10.2. The van der Waals surface area contributed by atoms with Crippen LogP contribution in [0, 0.1) is 0 Å². The largest absolute Gasteiger partial charge is 0.480 e. The van der Waals surface area contributed by atoms with E-state index in [1.54, 1.807) is 0 Å². The van der Waals surface area contributed by atoms with Crippen molar-refractivity contribution in [2.75, 3.05) is 0 Å². The van der Waals surface area contributed by atoms with Crippen molar-refractivity contribution in [3.05, 3.63) is 12.2 Å². The average molecular weight is 143 g/mol. The summed E-state index contributed by atoms with van der Waals surface area (Å²) in [6.45, 7) is 5.49. The van der Waals surface area contributed by atoms with E-state index in [1.165, 1.54) is 0 Å². The highest BCUT2D eigenvalue weighted by atomic mass is 16.4. The first kappa shape index (κ1) is 9.17. The molecule has 3 heteroatoms. The second-order valence-electron chi connectivity index (χ2n) is 2.44. The number of carboxylic acid groups (broad SMARTS) is 1. The molecule has 0 heterocycles. The molecule has 0 spiro atoms. The average Bonchev–Trinajstić information content (AvgIpc) is 1.82. The number of rotatable bonds is 4. The zero-order valence-corrected chi connectivity index (χ0v) is 6.13. The van der Waals surface area contributed by atoms with Gasteiger partial charge in [-0.2, -0.15) is 0 Å². The molecule has 0 aliphatic rings. The summed E-state index contributed by atoms with van der Waals surface area (Å²) in [5, 5.41) is 8.34. The first-order valence-corrected chi connectivity index (χ1v) is 3.17. The Morgan fingerprint density at radius 2 is 2.30 bits per heavy atom. The first-order chi connectivity index (χ1) is 4.54. The lowest BCUT2D eigenvalue weighted by Gasteiger charge is -2.04. The second-order valence-corrected chi connectivity index (χ2v) is 2.44. The van der Waals surface area contributed by atoms with Crippen molar-refractivity contribution in [1.82, 2.24) is 0 Å². The van der Waals surface area contributed by atoms with Gasteiger partial charge in [-0.05, 0) is 19.8 Å². The summed E-state index contributed by atoms with van der Waals surface area (Å²) in [4.78, 5) is 10.2. The Morgan fingerprint density at radius 1 is 1.80 bits per heavy atom. The smallest absolute Gasteiger partial charge is 0.320 e. The highest BCUT2D eigenvalue weighted by Crippen LogP contribution is 2.02. The van der Waals surface area contributed by atoms with Gasteiger partial charge in [0.25, 0.3) is 0 Å². The van der Waals surface area contributed by atoms with Crippen LogP contribution in [0.2, 0.25) is 0 Å². The zero-order valence-electron chi connectivity index (χ0n) is 6.13. The molecule has 0 aliphatic carbocycles. The third-order valence-electron chi connectivity index (χ3n) is 1.20. The standard InChI is InChI=1S/C7H13NO2/c1-5(2)3-4-6(8)7(9)10/h6H,1,3-4,8H2,2H3,(H,9,10). The van der Waals surface area contributed by atoms with Gasteiger partial charge in [0.15, 0.2) is 0 Å². The summed E-state index contributed by atoms with van der Waals surface area (Å²) in [6.07, 6.45) is 1.16. The number of carbonyl (C=O) groups is 1. The molecular formula is C7H13NO2. The van der Waals surface area contributed by atoms with E-state index in [0.29, 0.717) is 12.8 Å². The SMILES string of the molecule is C=C(C)CCC(N)C(=O)O. The molecule has 1 atom stereocenters. The van der Waals surface area contributed by atoms with Crippen LogP contribution in [-0.2, 0) is 4.79 Å². The lowest BCUT2D eigenvalue weighted by atomic mass is 10.1. The Balaban J connectivity index is 3.49. The molecule has 0 saturated carbocycles. The third-order valence-corrected chi connectivity index (χ3v) is 1.20. The molecule has 0 aromatic rings. The molecule has 10 heavy (non-hydrogen) atoms. The predicted octanol–water partition coefficient (Wildman–Crippen LogP) is 0.755. The molecule has 1 unspecified atom stereocenters. The van der Waals surface area contributed by atoms with E-state index in [2.05, 4.69) is 6.58 Å². The summed E-state index contributed by atoms with van der Waals surface area (Å²) in [6, 6.07) is -0.739. The number of aliphatic carboxylic acids is 1. The number of allylic oxidation sites excluding steroid dienone is 1. The summed E-state index contributed by atoms with van der Waals surface area (Å²) < 4.78 is 0. The van der Waals surface area contributed by atoms with Crippen molar-refractivity contribution in [3.63, 3.8) is 0 Å². The molecule has 0 bridgehead atoms. The Hall–Kier alpha value is -0.830. The summed E-state index contributed by atoms with van der Waals surface area (Å²) in [5.74, 6) is -0.943. The number of hydrogen-bond acceptors (Lipinski definition) is 2. The maximum Gasteiger partial charge on any atom is 0.320 e. The number of carboxylic acids is 1. The molecule has 58 valence electrons. The molecule has 0 aromatic heterocycles. The van der Waals surface area contributed by atoms with E-state index < -0.39 is 12.0 Å². The molecular weight excluding hydrogens is 130 g/mol. The van der Waals surface area contributed by atoms with Gasteiger partial charge in [-0.3, -0.25) is 4.79 Å². The van der Waals surface area contributed by atoms with Crippen LogP contribution >= 0.6 is 0 Å². The minimum Gasteiger partial charge on any atom is -0.480 e. The van der Waals surface area contributed by atoms with E-state index in [-0.39, 0.29) is 0 Å². The van der Waals surface area contributed by atoms with Gasteiger partial charge in [0.2, 0.25) is 0 Å². The Morgan fingerprint density at radius 3 is 2.60 bits per heavy atom. The minimum absolute atomic E-state index is 0.477. The van der Waals surface area contributed by atoms with E-state index in [1.807, 2.05) is 6.92 Å². The van der Waals surface area contributed by atoms with Gasteiger partial charge >= 0.3 is 5.97 Å². The molecule has 0 fully saturated rings. The van der Waals surface area contributed by atoms with Crippen molar-refractivity contribution in [2.24, 2.45) is 5.73 Å². The van der Waals surface area contributed by atoms with Gasteiger partial charge in [0.05, 0.1) is 0 Å². The highest BCUT2D eigenvalue weighted by molar-refractivity contribution is 5.72.